The van der Waals surface area contributed by atoms with Gasteiger partial charge in [-0.25, -0.2) is 0 Å². The third kappa shape index (κ3) is 2.76. The summed E-state index contributed by atoms with van der Waals surface area (Å²) in [4.78, 5) is 4.57. The number of nitrogens with zero attached hydrogens (tertiary/aromatic N) is 4. The van der Waals surface area contributed by atoms with Crippen LogP contribution in [0.5, 0.6) is 0 Å². The molecule has 20 heavy (non-hydrogen) atoms. The molecular formula is C16H20N4. The van der Waals surface area contributed by atoms with Gasteiger partial charge in [0.25, 0.3) is 0 Å². The van der Waals surface area contributed by atoms with Gasteiger partial charge in [0.2, 0.25) is 0 Å². The summed E-state index contributed by atoms with van der Waals surface area (Å²) in [5, 5.41) is 18.2. The maximum atomic E-state index is 9.09. The van der Waals surface area contributed by atoms with Gasteiger partial charge < -0.3 is 9.80 Å². The van der Waals surface area contributed by atoms with Gasteiger partial charge in [-0.3, -0.25) is 0 Å². The van der Waals surface area contributed by atoms with Gasteiger partial charge in [0.1, 0.15) is 0 Å². The largest absolute Gasteiger partial charge is 0.360 e. The first-order chi connectivity index (χ1) is 9.47. The molecule has 1 aromatic rings. The van der Waals surface area contributed by atoms with Gasteiger partial charge in [0.15, 0.2) is 0 Å². The molecule has 0 radical (unpaired) electrons. The van der Waals surface area contributed by atoms with Gasteiger partial charge in [-0.05, 0) is 39.1 Å². The van der Waals surface area contributed by atoms with Crippen LogP contribution in [0.25, 0.3) is 0 Å². The van der Waals surface area contributed by atoms with Crippen molar-refractivity contribution in [2.75, 3.05) is 25.0 Å². The van der Waals surface area contributed by atoms with Gasteiger partial charge in [-0.1, -0.05) is 6.07 Å². The molecule has 0 aromatic heterocycles. The van der Waals surface area contributed by atoms with Crippen LogP contribution in [0.2, 0.25) is 0 Å². The van der Waals surface area contributed by atoms with Crippen LogP contribution in [-0.2, 0) is 0 Å². The molecule has 2 rings (SSSR count). The van der Waals surface area contributed by atoms with E-state index in [-0.39, 0.29) is 11.6 Å². The van der Waals surface area contributed by atoms with Crippen molar-refractivity contribution < 1.29 is 0 Å². The molecule has 0 amide bonds. The summed E-state index contributed by atoms with van der Waals surface area (Å²) in [6.07, 6.45) is 0.491. The second kappa shape index (κ2) is 5.53. The van der Waals surface area contributed by atoms with E-state index >= 15 is 0 Å². The van der Waals surface area contributed by atoms with Gasteiger partial charge in [0.05, 0.1) is 30.2 Å². The predicted octanol–water partition coefficient (Wildman–Crippen LogP) is 2.37. The number of rotatable bonds is 2. The number of anilines is 1. The van der Waals surface area contributed by atoms with Crippen LogP contribution in [-0.4, -0.2) is 36.6 Å². The topological polar surface area (TPSA) is 54.1 Å². The van der Waals surface area contributed by atoms with Crippen LogP contribution in [0.4, 0.5) is 5.69 Å². The molecule has 4 nitrogen and oxygen atoms in total. The summed E-state index contributed by atoms with van der Waals surface area (Å²) < 4.78 is 0. The van der Waals surface area contributed by atoms with E-state index in [1.165, 1.54) is 0 Å². The second-order valence-corrected chi connectivity index (χ2v) is 6.06. The molecule has 0 aliphatic carbocycles. The fourth-order valence-corrected chi connectivity index (χ4v) is 3.28. The molecule has 1 aliphatic heterocycles. The Kier molecular flexibility index (Phi) is 3.97. The fraction of sp³-hybridized carbons (Fsp3) is 0.500. The molecule has 0 spiro atoms. The molecule has 1 aromatic carbocycles. The molecule has 1 atom stereocenters. The number of benzene rings is 1. The highest BCUT2D eigenvalue weighted by molar-refractivity contribution is 5.55. The van der Waals surface area contributed by atoms with Crippen molar-refractivity contribution >= 4 is 5.69 Å². The van der Waals surface area contributed by atoms with Gasteiger partial charge in [-0.2, -0.15) is 10.5 Å². The van der Waals surface area contributed by atoms with Gasteiger partial charge >= 0.3 is 0 Å². The van der Waals surface area contributed by atoms with Crippen molar-refractivity contribution in [3.05, 3.63) is 29.8 Å². The van der Waals surface area contributed by atoms with Crippen molar-refractivity contribution in [1.82, 2.24) is 4.90 Å². The van der Waals surface area contributed by atoms with E-state index in [1.54, 1.807) is 0 Å². The number of nitriles is 2. The summed E-state index contributed by atoms with van der Waals surface area (Å²) in [5.74, 6) is 0. The Morgan fingerprint density at radius 2 is 2.10 bits per heavy atom. The molecule has 1 aliphatic rings. The Morgan fingerprint density at radius 3 is 2.75 bits per heavy atom. The summed E-state index contributed by atoms with van der Waals surface area (Å²) in [7, 11) is 2.09. The molecule has 0 bridgehead atoms. The lowest BCUT2D eigenvalue weighted by Crippen LogP contribution is -2.63. The van der Waals surface area contributed by atoms with E-state index in [0.717, 1.165) is 18.8 Å². The minimum Gasteiger partial charge on any atom is -0.360 e. The van der Waals surface area contributed by atoms with Crippen molar-refractivity contribution in [3.8, 4) is 12.1 Å². The smallest absolute Gasteiger partial charge is 0.0992 e. The van der Waals surface area contributed by atoms with Crippen LogP contribution in [0.3, 0.4) is 0 Å². The van der Waals surface area contributed by atoms with Gasteiger partial charge in [0, 0.05) is 24.3 Å². The molecule has 0 N–H and O–H groups in total. The van der Waals surface area contributed by atoms with Crippen LogP contribution < -0.4 is 4.90 Å². The highest BCUT2D eigenvalue weighted by Gasteiger charge is 2.38. The first kappa shape index (κ1) is 14.4. The minimum atomic E-state index is -0.0669. The lowest BCUT2D eigenvalue weighted by atomic mass is 9.92. The molecule has 1 fully saturated rings. The first-order valence-electron chi connectivity index (χ1n) is 6.83. The maximum absolute atomic E-state index is 9.09. The normalized spacial score (nSPS) is 22.1. The fourth-order valence-electron chi connectivity index (χ4n) is 3.28. The Hall–Kier alpha value is -2.04. The Balaban J connectivity index is 2.42. The molecule has 1 saturated heterocycles. The molecule has 0 saturated carbocycles. The van der Waals surface area contributed by atoms with E-state index in [9.17, 15) is 0 Å². The van der Waals surface area contributed by atoms with Crippen LogP contribution >= 0.6 is 0 Å². The zero-order valence-electron chi connectivity index (χ0n) is 12.3. The highest BCUT2D eigenvalue weighted by atomic mass is 15.3. The third-order valence-corrected chi connectivity index (χ3v) is 3.78. The molecule has 4 heteroatoms. The first-order valence-corrected chi connectivity index (χ1v) is 6.83. The van der Waals surface area contributed by atoms with Crippen LogP contribution in [0, 0.1) is 22.7 Å². The highest BCUT2D eigenvalue weighted by Crippen LogP contribution is 2.32. The monoisotopic (exact) mass is 268 g/mol. The summed E-state index contributed by atoms with van der Waals surface area (Å²) in [6, 6.07) is 12.3. The quantitative estimate of drug-likeness (QED) is 0.826. The lowest BCUT2D eigenvalue weighted by molar-refractivity contribution is 0.181. The molecule has 1 heterocycles. The number of hydrogen-bond acceptors (Lipinski definition) is 4. The number of likely N-dealkylation sites (N-methyl/N-ethyl adjacent to an activating group) is 1. The number of hydrogen-bond donors (Lipinski definition) is 0. The zero-order chi connectivity index (χ0) is 14.8. The third-order valence-electron chi connectivity index (χ3n) is 3.78. The van der Waals surface area contributed by atoms with Crippen molar-refractivity contribution in [1.29, 1.82) is 10.5 Å². The van der Waals surface area contributed by atoms with E-state index in [1.807, 2.05) is 24.3 Å². The molecule has 1 unspecified atom stereocenters. The second-order valence-electron chi connectivity index (χ2n) is 6.06. The standard InChI is InChI=1S/C16H20N4/c1-16(2)12-19(3)11-15(7-8-17)20(16)14-6-4-5-13(9-14)10-18/h4-6,9,15H,7,11-12H2,1-3H3. The molecular weight excluding hydrogens is 248 g/mol. The average molecular weight is 268 g/mol. The van der Waals surface area contributed by atoms with Crippen molar-refractivity contribution in [2.45, 2.75) is 31.8 Å². The van der Waals surface area contributed by atoms with E-state index < -0.39 is 0 Å². The Labute approximate surface area is 120 Å². The number of piperazine rings is 1. The average Bonchev–Trinajstić information content (AvgIpc) is 2.37. The maximum Gasteiger partial charge on any atom is 0.0992 e. The Bertz CT molecular complexity index is 565. The van der Waals surface area contributed by atoms with Crippen LogP contribution in [0.15, 0.2) is 24.3 Å². The lowest BCUT2D eigenvalue weighted by Gasteiger charge is -2.52. The summed E-state index contributed by atoms with van der Waals surface area (Å²) in [5.41, 5.74) is 1.62. The van der Waals surface area contributed by atoms with Crippen molar-refractivity contribution in [3.63, 3.8) is 0 Å². The zero-order valence-corrected chi connectivity index (χ0v) is 12.3. The molecule has 104 valence electrons. The minimum absolute atomic E-state index is 0.0669. The van der Waals surface area contributed by atoms with Gasteiger partial charge in [-0.15, -0.1) is 0 Å². The Morgan fingerprint density at radius 1 is 1.35 bits per heavy atom. The SMILES string of the molecule is CN1CC(CC#N)N(c2cccc(C#N)c2)C(C)(C)C1. The van der Waals surface area contributed by atoms with Crippen molar-refractivity contribution in [2.24, 2.45) is 0 Å². The van der Waals surface area contributed by atoms with E-state index in [0.29, 0.717) is 12.0 Å². The summed E-state index contributed by atoms with van der Waals surface area (Å²) in [6.45, 7) is 6.18. The van der Waals surface area contributed by atoms with Crippen LogP contribution in [0.1, 0.15) is 25.8 Å². The predicted molar refractivity (Wildman–Crippen MR) is 79.2 cm³/mol. The van der Waals surface area contributed by atoms with E-state index in [4.69, 9.17) is 10.5 Å². The summed E-state index contributed by atoms with van der Waals surface area (Å²) >= 11 is 0. The van der Waals surface area contributed by atoms with E-state index in [2.05, 4.69) is 42.8 Å².